The minimum Gasteiger partial charge on any atom is -0.378 e. The number of amides is 5. The van der Waals surface area contributed by atoms with Crippen molar-refractivity contribution in [1.82, 2.24) is 14.7 Å². The normalized spacial score (nSPS) is 14.5. The second-order valence-corrected chi connectivity index (χ2v) is 6.75. The van der Waals surface area contributed by atoms with Crippen LogP contribution in [0.4, 0.5) is 10.5 Å². The standard InChI is InChI=1S/C18H24N4O4/c1-12(2)22-17(25)16(24)21(18(22)26)11-15(23)20(5)10-13-6-8-14(9-7-13)19(3)4/h6-9,12H,10-11H2,1-5H3. The molecule has 5 amide bonds. The van der Waals surface area contributed by atoms with Gasteiger partial charge in [-0.25, -0.2) is 9.69 Å². The fraction of sp³-hybridized carbons (Fsp3) is 0.444. The first-order chi connectivity index (χ1) is 12.1. The van der Waals surface area contributed by atoms with Crippen molar-refractivity contribution in [3.05, 3.63) is 29.8 Å². The van der Waals surface area contributed by atoms with E-state index in [0.717, 1.165) is 16.2 Å². The summed E-state index contributed by atoms with van der Waals surface area (Å²) in [4.78, 5) is 53.5. The zero-order chi connectivity index (χ0) is 19.6. The van der Waals surface area contributed by atoms with Gasteiger partial charge in [-0.15, -0.1) is 0 Å². The zero-order valence-electron chi connectivity index (χ0n) is 15.7. The fourth-order valence-corrected chi connectivity index (χ4v) is 2.63. The Balaban J connectivity index is 2.01. The average molecular weight is 360 g/mol. The predicted molar refractivity (Wildman–Crippen MR) is 96.3 cm³/mol. The molecule has 26 heavy (non-hydrogen) atoms. The number of anilines is 1. The molecule has 2 rings (SSSR count). The molecule has 0 unspecified atom stereocenters. The highest BCUT2D eigenvalue weighted by Gasteiger charge is 2.46. The van der Waals surface area contributed by atoms with Crippen LogP contribution < -0.4 is 4.90 Å². The van der Waals surface area contributed by atoms with Gasteiger partial charge >= 0.3 is 17.8 Å². The maximum atomic E-state index is 12.4. The van der Waals surface area contributed by atoms with Crippen molar-refractivity contribution in [2.75, 3.05) is 32.6 Å². The molecule has 0 bridgehead atoms. The number of carbonyl (C=O) groups excluding carboxylic acids is 4. The highest BCUT2D eigenvalue weighted by molar-refractivity contribution is 6.45. The Morgan fingerprint density at radius 2 is 1.58 bits per heavy atom. The van der Waals surface area contributed by atoms with E-state index < -0.39 is 36.3 Å². The molecule has 1 heterocycles. The molecule has 8 nitrogen and oxygen atoms in total. The third-order valence-corrected chi connectivity index (χ3v) is 4.19. The lowest BCUT2D eigenvalue weighted by atomic mass is 10.2. The van der Waals surface area contributed by atoms with Crippen molar-refractivity contribution >= 4 is 29.4 Å². The molecule has 1 aromatic rings. The molecule has 1 fully saturated rings. The predicted octanol–water partition coefficient (Wildman–Crippen LogP) is 0.910. The lowest BCUT2D eigenvalue weighted by molar-refractivity contribution is -0.145. The van der Waals surface area contributed by atoms with E-state index in [2.05, 4.69) is 0 Å². The third kappa shape index (κ3) is 3.84. The Hall–Kier alpha value is -2.90. The summed E-state index contributed by atoms with van der Waals surface area (Å²) in [7, 11) is 5.47. The molecule has 8 heteroatoms. The van der Waals surface area contributed by atoms with Gasteiger partial charge in [0.25, 0.3) is 0 Å². The molecule has 0 aromatic heterocycles. The highest BCUT2D eigenvalue weighted by Crippen LogP contribution is 2.16. The average Bonchev–Trinajstić information content (AvgIpc) is 2.78. The smallest absolute Gasteiger partial charge is 0.334 e. The lowest BCUT2D eigenvalue weighted by Gasteiger charge is -2.22. The van der Waals surface area contributed by atoms with Crippen LogP contribution in [0.1, 0.15) is 19.4 Å². The Labute approximate surface area is 152 Å². The van der Waals surface area contributed by atoms with Gasteiger partial charge in [0, 0.05) is 39.4 Å². The molecule has 0 radical (unpaired) electrons. The van der Waals surface area contributed by atoms with E-state index in [1.165, 1.54) is 4.90 Å². The molecule has 1 aromatic carbocycles. The fourth-order valence-electron chi connectivity index (χ4n) is 2.63. The third-order valence-electron chi connectivity index (χ3n) is 4.19. The summed E-state index contributed by atoms with van der Waals surface area (Å²) in [6.07, 6.45) is 0. The quantitative estimate of drug-likeness (QED) is 0.556. The van der Waals surface area contributed by atoms with Crippen molar-refractivity contribution in [2.24, 2.45) is 0 Å². The molecule has 1 aliphatic heterocycles. The number of hydrogen-bond acceptors (Lipinski definition) is 5. The van der Waals surface area contributed by atoms with Crippen molar-refractivity contribution in [2.45, 2.75) is 26.4 Å². The summed E-state index contributed by atoms with van der Waals surface area (Å²) >= 11 is 0. The molecular weight excluding hydrogens is 336 g/mol. The number of carbonyl (C=O) groups is 4. The van der Waals surface area contributed by atoms with Crippen molar-refractivity contribution in [1.29, 1.82) is 0 Å². The summed E-state index contributed by atoms with van der Waals surface area (Å²) in [5, 5.41) is 0. The Morgan fingerprint density at radius 3 is 2.04 bits per heavy atom. The van der Waals surface area contributed by atoms with Crippen LogP contribution in [-0.4, -0.2) is 72.2 Å². The van der Waals surface area contributed by atoms with Crippen molar-refractivity contribution in [3.8, 4) is 0 Å². The van der Waals surface area contributed by atoms with E-state index in [1.807, 2.05) is 43.3 Å². The van der Waals surface area contributed by atoms with Crippen LogP contribution in [0.3, 0.4) is 0 Å². The van der Waals surface area contributed by atoms with Crippen LogP contribution in [-0.2, 0) is 20.9 Å². The molecule has 0 saturated carbocycles. The summed E-state index contributed by atoms with van der Waals surface area (Å²) in [5.74, 6) is -2.26. The van der Waals surface area contributed by atoms with Crippen molar-refractivity contribution < 1.29 is 19.2 Å². The number of urea groups is 1. The highest BCUT2D eigenvalue weighted by atomic mass is 16.2. The van der Waals surface area contributed by atoms with E-state index in [0.29, 0.717) is 11.4 Å². The monoisotopic (exact) mass is 360 g/mol. The Kier molecular flexibility index (Phi) is 5.64. The van der Waals surface area contributed by atoms with Crippen LogP contribution in [0.25, 0.3) is 0 Å². The minimum absolute atomic E-state index is 0.338. The Morgan fingerprint density at radius 1 is 1.00 bits per heavy atom. The van der Waals surface area contributed by atoms with Gasteiger partial charge in [0.05, 0.1) is 0 Å². The van der Waals surface area contributed by atoms with Gasteiger partial charge in [-0.3, -0.25) is 19.3 Å². The van der Waals surface area contributed by atoms with E-state index in [4.69, 9.17) is 0 Å². The first kappa shape index (κ1) is 19.4. The largest absolute Gasteiger partial charge is 0.378 e. The first-order valence-corrected chi connectivity index (χ1v) is 8.32. The van der Waals surface area contributed by atoms with E-state index in [9.17, 15) is 19.2 Å². The van der Waals surface area contributed by atoms with Crippen LogP contribution in [0.5, 0.6) is 0 Å². The van der Waals surface area contributed by atoms with Gasteiger partial charge in [0.1, 0.15) is 6.54 Å². The molecule has 1 aliphatic rings. The van der Waals surface area contributed by atoms with Gasteiger partial charge < -0.3 is 9.80 Å². The van der Waals surface area contributed by atoms with Gasteiger partial charge in [-0.1, -0.05) is 12.1 Å². The van der Waals surface area contributed by atoms with Gasteiger partial charge in [0.15, 0.2) is 0 Å². The van der Waals surface area contributed by atoms with E-state index >= 15 is 0 Å². The topological polar surface area (TPSA) is 81.2 Å². The molecule has 1 saturated heterocycles. The summed E-state index contributed by atoms with van der Waals surface area (Å²) in [5.41, 5.74) is 1.97. The summed E-state index contributed by atoms with van der Waals surface area (Å²) < 4.78 is 0. The number of benzene rings is 1. The second-order valence-electron chi connectivity index (χ2n) is 6.75. The molecule has 0 spiro atoms. The summed E-state index contributed by atoms with van der Waals surface area (Å²) in [6.45, 7) is 3.17. The van der Waals surface area contributed by atoms with E-state index in [-0.39, 0.29) is 0 Å². The number of imide groups is 2. The molecule has 140 valence electrons. The van der Waals surface area contributed by atoms with Crippen LogP contribution in [0.15, 0.2) is 24.3 Å². The minimum atomic E-state index is -0.958. The van der Waals surface area contributed by atoms with Crippen LogP contribution >= 0.6 is 0 Å². The lowest BCUT2D eigenvalue weighted by Crippen LogP contribution is -2.42. The number of hydrogen-bond donors (Lipinski definition) is 0. The first-order valence-electron chi connectivity index (χ1n) is 8.32. The van der Waals surface area contributed by atoms with E-state index in [1.54, 1.807) is 20.9 Å². The maximum absolute atomic E-state index is 12.4. The zero-order valence-corrected chi connectivity index (χ0v) is 15.7. The molecule has 0 atom stereocenters. The number of likely N-dealkylation sites (N-methyl/N-ethyl adjacent to an activating group) is 1. The second kappa shape index (κ2) is 7.55. The molecular formula is C18H24N4O4. The molecule has 0 aliphatic carbocycles. The Bertz CT molecular complexity index is 727. The SMILES string of the molecule is CC(C)N1C(=O)C(=O)N(CC(=O)N(C)Cc2ccc(N(C)C)cc2)C1=O. The van der Waals surface area contributed by atoms with Gasteiger partial charge in [0.2, 0.25) is 5.91 Å². The summed E-state index contributed by atoms with van der Waals surface area (Å²) in [6, 6.07) is 6.53. The number of rotatable bonds is 6. The molecule has 0 N–H and O–H groups in total. The van der Waals surface area contributed by atoms with Crippen LogP contribution in [0.2, 0.25) is 0 Å². The number of nitrogens with zero attached hydrogens (tertiary/aromatic N) is 4. The van der Waals surface area contributed by atoms with Crippen LogP contribution in [0, 0.1) is 0 Å². The van der Waals surface area contributed by atoms with Gasteiger partial charge in [-0.2, -0.15) is 0 Å². The van der Waals surface area contributed by atoms with Crippen molar-refractivity contribution in [3.63, 3.8) is 0 Å². The van der Waals surface area contributed by atoms with Gasteiger partial charge in [-0.05, 0) is 31.5 Å². The maximum Gasteiger partial charge on any atom is 0.334 e.